The van der Waals surface area contributed by atoms with E-state index in [1.165, 1.54) is 6.42 Å². The fourth-order valence-electron chi connectivity index (χ4n) is 7.39. The number of fused-ring (bicyclic) bond motifs is 5. The average molecular weight is 400 g/mol. The second-order valence-electron chi connectivity index (χ2n) is 10.1. The molecule has 1 aliphatic heterocycles. The number of amides is 1. The van der Waals surface area contributed by atoms with Crippen molar-refractivity contribution < 1.29 is 19.4 Å². The first kappa shape index (κ1) is 19.5. The lowest BCUT2D eigenvalue weighted by Crippen LogP contribution is -2.52. The molecule has 5 nitrogen and oxygen atoms in total. The van der Waals surface area contributed by atoms with E-state index in [2.05, 4.69) is 37.4 Å². The van der Waals surface area contributed by atoms with Crippen LogP contribution in [0.5, 0.6) is 0 Å². The summed E-state index contributed by atoms with van der Waals surface area (Å²) < 4.78 is 12.1. The molecular weight excluding hydrogens is 366 g/mol. The Morgan fingerprint density at radius 2 is 2.03 bits per heavy atom. The molecule has 29 heavy (non-hydrogen) atoms. The third kappa shape index (κ3) is 2.74. The Morgan fingerprint density at radius 1 is 1.24 bits per heavy atom. The van der Waals surface area contributed by atoms with Gasteiger partial charge in [0.1, 0.15) is 0 Å². The normalized spacial score (nSPS) is 44.0. The molecule has 0 aromatic rings. The molecule has 0 bridgehead atoms. The van der Waals surface area contributed by atoms with Gasteiger partial charge in [-0.3, -0.25) is 4.79 Å². The van der Waals surface area contributed by atoms with Crippen molar-refractivity contribution in [2.24, 2.45) is 28.6 Å². The first-order valence-corrected chi connectivity index (χ1v) is 11.2. The number of carbonyl (C=O) groups is 1. The van der Waals surface area contributed by atoms with Crippen LogP contribution in [0.1, 0.15) is 52.4 Å². The Hall–Kier alpha value is -1.43. The van der Waals surface area contributed by atoms with E-state index < -0.39 is 0 Å². The molecule has 2 saturated carbocycles. The standard InChI is InChI=1S/C24H33NO4/c1-22-9-10-24(28-11-12-29-24)13-16(22)3-4-17-18-5-6-20(21(14-26)25-15-27)23(18,2)8-7-19(17)22/h3,5-6,15,17-19,26H,4,7-14H2,1-2H3,(H,25,27)/b21-20-/t17-,18-,19-,22-,23-/m0/s1. The molecule has 5 atom stereocenters. The maximum Gasteiger partial charge on any atom is 0.211 e. The van der Waals surface area contributed by atoms with Gasteiger partial charge >= 0.3 is 0 Å². The number of aliphatic hydroxyl groups is 1. The Kier molecular flexibility index (Phi) is 4.57. The number of allylic oxidation sites excluding steroid dienone is 4. The monoisotopic (exact) mass is 399 g/mol. The van der Waals surface area contributed by atoms with Crippen molar-refractivity contribution in [3.05, 3.63) is 35.1 Å². The molecule has 1 saturated heterocycles. The SMILES string of the molecule is C[C@]12CCC3(CC1=CC[C@@H]1[C@@H]2CC[C@]2(C)/C(=C(/CO)NC=O)C=C[C@@H]12)OCCO3. The minimum atomic E-state index is -0.360. The van der Waals surface area contributed by atoms with Crippen LogP contribution in [0, 0.1) is 28.6 Å². The fraction of sp³-hybridized carbons (Fsp3) is 0.708. The zero-order chi connectivity index (χ0) is 20.3. The topological polar surface area (TPSA) is 67.8 Å². The highest BCUT2D eigenvalue weighted by molar-refractivity contribution is 5.53. The van der Waals surface area contributed by atoms with Gasteiger partial charge in [0.15, 0.2) is 5.79 Å². The van der Waals surface area contributed by atoms with Crippen LogP contribution < -0.4 is 5.32 Å². The highest BCUT2D eigenvalue weighted by Gasteiger charge is 2.58. The van der Waals surface area contributed by atoms with E-state index >= 15 is 0 Å². The third-order valence-corrected chi connectivity index (χ3v) is 8.98. The molecule has 3 fully saturated rings. The van der Waals surface area contributed by atoms with Gasteiger partial charge < -0.3 is 19.9 Å². The van der Waals surface area contributed by atoms with Crippen LogP contribution in [0.15, 0.2) is 35.1 Å². The van der Waals surface area contributed by atoms with Crippen LogP contribution >= 0.6 is 0 Å². The maximum atomic E-state index is 11.0. The molecule has 0 radical (unpaired) electrons. The summed E-state index contributed by atoms with van der Waals surface area (Å²) in [7, 11) is 0. The van der Waals surface area contributed by atoms with Crippen LogP contribution in [0.2, 0.25) is 0 Å². The molecule has 5 heteroatoms. The number of nitrogens with one attached hydrogen (secondary N) is 1. The Morgan fingerprint density at radius 3 is 2.76 bits per heavy atom. The van der Waals surface area contributed by atoms with E-state index in [1.807, 2.05) is 0 Å². The molecule has 5 rings (SSSR count). The van der Waals surface area contributed by atoms with Gasteiger partial charge in [0, 0.05) is 24.0 Å². The second kappa shape index (κ2) is 6.79. The van der Waals surface area contributed by atoms with Crippen molar-refractivity contribution >= 4 is 6.41 Å². The summed E-state index contributed by atoms with van der Waals surface area (Å²) in [5.74, 6) is 1.36. The van der Waals surface area contributed by atoms with Crippen LogP contribution in [-0.2, 0) is 14.3 Å². The highest BCUT2D eigenvalue weighted by Crippen LogP contribution is 2.65. The molecule has 158 valence electrons. The number of hydrogen-bond donors (Lipinski definition) is 2. The summed E-state index contributed by atoms with van der Waals surface area (Å²) >= 11 is 0. The van der Waals surface area contributed by atoms with Crippen LogP contribution in [0.25, 0.3) is 0 Å². The van der Waals surface area contributed by atoms with E-state index in [4.69, 9.17) is 9.47 Å². The van der Waals surface area contributed by atoms with Gasteiger partial charge in [-0.1, -0.05) is 37.6 Å². The van der Waals surface area contributed by atoms with Crippen molar-refractivity contribution in [2.45, 2.75) is 58.2 Å². The third-order valence-electron chi connectivity index (χ3n) is 8.98. The molecule has 1 amide bonds. The van der Waals surface area contributed by atoms with Crippen molar-refractivity contribution in [1.82, 2.24) is 5.32 Å². The molecule has 5 aliphatic rings. The second-order valence-corrected chi connectivity index (χ2v) is 10.1. The zero-order valence-electron chi connectivity index (χ0n) is 17.6. The summed E-state index contributed by atoms with van der Waals surface area (Å²) in [5, 5.41) is 12.5. The molecule has 2 N–H and O–H groups in total. The number of rotatable bonds is 3. The van der Waals surface area contributed by atoms with Crippen LogP contribution in [0.4, 0.5) is 0 Å². The van der Waals surface area contributed by atoms with E-state index in [-0.39, 0.29) is 23.2 Å². The Balaban J connectivity index is 1.45. The maximum absolute atomic E-state index is 11.0. The molecule has 0 aromatic carbocycles. The summed E-state index contributed by atoms with van der Waals surface area (Å²) in [6, 6.07) is 0. The van der Waals surface area contributed by atoms with Gasteiger partial charge in [0.05, 0.1) is 19.8 Å². The average Bonchev–Trinajstić information content (AvgIpc) is 3.31. The fourth-order valence-corrected chi connectivity index (χ4v) is 7.39. The van der Waals surface area contributed by atoms with Crippen molar-refractivity contribution in [1.29, 1.82) is 0 Å². The zero-order valence-corrected chi connectivity index (χ0v) is 17.6. The lowest BCUT2D eigenvalue weighted by atomic mass is 9.47. The first-order valence-electron chi connectivity index (χ1n) is 11.2. The van der Waals surface area contributed by atoms with E-state index in [0.29, 0.717) is 29.9 Å². The predicted molar refractivity (Wildman–Crippen MR) is 110 cm³/mol. The van der Waals surface area contributed by atoms with Crippen molar-refractivity contribution in [2.75, 3.05) is 19.8 Å². The number of carbonyl (C=O) groups excluding carboxylic acids is 1. The molecule has 0 aromatic heterocycles. The quantitative estimate of drug-likeness (QED) is 0.563. The van der Waals surface area contributed by atoms with Gasteiger partial charge in [-0.15, -0.1) is 0 Å². The summed E-state index contributed by atoms with van der Waals surface area (Å²) in [6.07, 6.45) is 14.1. The van der Waals surface area contributed by atoms with Gasteiger partial charge in [-0.25, -0.2) is 0 Å². The largest absolute Gasteiger partial charge is 0.390 e. The number of ether oxygens (including phenoxy) is 2. The minimum absolute atomic E-state index is 0.00942. The van der Waals surface area contributed by atoms with E-state index in [9.17, 15) is 9.90 Å². The van der Waals surface area contributed by atoms with Crippen molar-refractivity contribution in [3.63, 3.8) is 0 Å². The van der Waals surface area contributed by atoms with Gasteiger partial charge in [-0.2, -0.15) is 0 Å². The molecule has 4 aliphatic carbocycles. The first-order chi connectivity index (χ1) is 14.0. The minimum Gasteiger partial charge on any atom is -0.390 e. The highest BCUT2D eigenvalue weighted by atomic mass is 16.7. The molecule has 1 spiro atoms. The Labute approximate surface area is 173 Å². The van der Waals surface area contributed by atoms with Gasteiger partial charge in [0.25, 0.3) is 0 Å². The van der Waals surface area contributed by atoms with E-state index in [1.54, 1.807) is 5.57 Å². The number of hydrogen-bond acceptors (Lipinski definition) is 4. The lowest BCUT2D eigenvalue weighted by Gasteiger charge is -2.58. The smallest absolute Gasteiger partial charge is 0.211 e. The lowest BCUT2D eigenvalue weighted by molar-refractivity contribution is -0.184. The van der Waals surface area contributed by atoms with Gasteiger partial charge in [-0.05, 0) is 54.4 Å². The molecule has 0 unspecified atom stereocenters. The summed E-state index contributed by atoms with van der Waals surface area (Å²) in [6.45, 7) is 6.11. The number of aliphatic hydroxyl groups excluding tert-OH is 1. The summed E-state index contributed by atoms with van der Waals surface area (Å²) in [5.41, 5.74) is 3.54. The van der Waals surface area contributed by atoms with Crippen LogP contribution in [-0.4, -0.2) is 37.1 Å². The molecule has 1 heterocycles. The predicted octanol–water partition coefficient (Wildman–Crippen LogP) is 3.46. The van der Waals surface area contributed by atoms with Crippen molar-refractivity contribution in [3.8, 4) is 0 Å². The Bertz CT molecular complexity index is 793. The summed E-state index contributed by atoms with van der Waals surface area (Å²) in [4.78, 5) is 11.0. The van der Waals surface area contributed by atoms with Crippen LogP contribution in [0.3, 0.4) is 0 Å². The van der Waals surface area contributed by atoms with Gasteiger partial charge in [0.2, 0.25) is 6.41 Å². The molecular formula is C24H33NO4. The van der Waals surface area contributed by atoms with E-state index in [0.717, 1.165) is 50.9 Å².